The van der Waals surface area contributed by atoms with Gasteiger partial charge in [0.15, 0.2) is 5.69 Å². The molecule has 110 valence electrons. The van der Waals surface area contributed by atoms with Crippen LogP contribution in [0.15, 0.2) is 12.1 Å². The topological polar surface area (TPSA) is 87.6 Å². The molecule has 7 nitrogen and oxygen atoms in total. The monoisotopic (exact) mass is 280 g/mol. The number of rotatable bonds is 4. The molecule has 1 aliphatic rings. The van der Waals surface area contributed by atoms with Crippen LogP contribution in [-0.4, -0.2) is 65.6 Å². The molecule has 2 N–H and O–H groups in total. The predicted molar refractivity (Wildman–Crippen MR) is 73.5 cm³/mol. The minimum absolute atomic E-state index is 0.188. The minimum atomic E-state index is -0.766. The predicted octanol–water partition coefficient (Wildman–Crippen LogP) is 0.132. The van der Waals surface area contributed by atoms with Crippen LogP contribution in [0.25, 0.3) is 0 Å². The van der Waals surface area contributed by atoms with E-state index in [0.717, 1.165) is 0 Å². The molecule has 1 saturated heterocycles. The molecule has 2 rings (SSSR count). The summed E-state index contributed by atoms with van der Waals surface area (Å²) < 4.78 is 5.22. The van der Waals surface area contributed by atoms with Gasteiger partial charge in [0.05, 0.1) is 5.60 Å². The van der Waals surface area contributed by atoms with Crippen molar-refractivity contribution in [2.45, 2.75) is 18.4 Å². The van der Waals surface area contributed by atoms with Crippen LogP contribution in [0.1, 0.15) is 23.3 Å². The zero-order valence-corrected chi connectivity index (χ0v) is 11.8. The lowest BCUT2D eigenvalue weighted by molar-refractivity contribution is -0.0543. The molecule has 2 heterocycles. The second-order valence-corrected chi connectivity index (χ2v) is 5.19. The van der Waals surface area contributed by atoms with E-state index in [2.05, 4.69) is 15.5 Å². The maximum atomic E-state index is 11.7. The van der Waals surface area contributed by atoms with Crippen molar-refractivity contribution in [2.75, 3.05) is 39.2 Å². The van der Waals surface area contributed by atoms with Gasteiger partial charge in [-0.15, -0.1) is 10.2 Å². The van der Waals surface area contributed by atoms with Crippen molar-refractivity contribution in [3.63, 3.8) is 0 Å². The fourth-order valence-corrected chi connectivity index (χ4v) is 1.95. The van der Waals surface area contributed by atoms with Crippen molar-refractivity contribution in [1.82, 2.24) is 15.1 Å². The first kappa shape index (κ1) is 14.7. The molecule has 1 amide bonds. The minimum Gasteiger partial charge on any atom is -0.388 e. The zero-order chi connectivity index (χ0) is 14.6. The van der Waals surface area contributed by atoms with Gasteiger partial charge >= 0.3 is 0 Å². The van der Waals surface area contributed by atoms with Crippen LogP contribution in [0.2, 0.25) is 0 Å². The van der Waals surface area contributed by atoms with E-state index < -0.39 is 5.60 Å². The molecule has 20 heavy (non-hydrogen) atoms. The average Bonchev–Trinajstić information content (AvgIpc) is 2.46. The molecule has 0 bridgehead atoms. The van der Waals surface area contributed by atoms with Crippen molar-refractivity contribution >= 4 is 11.7 Å². The quantitative estimate of drug-likeness (QED) is 0.815. The van der Waals surface area contributed by atoms with Gasteiger partial charge in [0.25, 0.3) is 5.91 Å². The number of carbonyl (C=O) groups is 1. The number of nitrogens with one attached hydrogen (secondary N) is 1. The molecular formula is C13H20N4O3. The first-order valence-electron chi connectivity index (χ1n) is 6.60. The van der Waals surface area contributed by atoms with Gasteiger partial charge in [0.2, 0.25) is 0 Å². The van der Waals surface area contributed by atoms with Gasteiger partial charge in [-0.05, 0) is 12.1 Å². The number of aromatic nitrogens is 2. The van der Waals surface area contributed by atoms with Gasteiger partial charge in [0, 0.05) is 46.7 Å². The lowest BCUT2D eigenvalue weighted by atomic mass is 9.94. The van der Waals surface area contributed by atoms with Crippen LogP contribution >= 0.6 is 0 Å². The molecule has 0 saturated carbocycles. The van der Waals surface area contributed by atoms with Crippen LogP contribution in [0.5, 0.6) is 0 Å². The normalized spacial score (nSPS) is 17.6. The molecule has 1 fully saturated rings. The number of hydrogen-bond acceptors (Lipinski definition) is 6. The van der Waals surface area contributed by atoms with Crippen LogP contribution in [0.3, 0.4) is 0 Å². The van der Waals surface area contributed by atoms with E-state index in [-0.39, 0.29) is 5.91 Å². The third kappa shape index (κ3) is 3.64. The fourth-order valence-electron chi connectivity index (χ4n) is 1.95. The highest BCUT2D eigenvalue weighted by Crippen LogP contribution is 2.20. The van der Waals surface area contributed by atoms with E-state index in [4.69, 9.17) is 4.74 Å². The number of nitrogens with zero attached hydrogens (tertiary/aromatic N) is 3. The van der Waals surface area contributed by atoms with Crippen LogP contribution in [-0.2, 0) is 4.74 Å². The summed E-state index contributed by atoms with van der Waals surface area (Å²) in [6.07, 6.45) is 1.20. The lowest BCUT2D eigenvalue weighted by Gasteiger charge is -2.32. The summed E-state index contributed by atoms with van der Waals surface area (Å²) in [6.45, 7) is 1.53. The van der Waals surface area contributed by atoms with Gasteiger partial charge in [-0.3, -0.25) is 4.79 Å². The van der Waals surface area contributed by atoms with Crippen molar-refractivity contribution in [2.24, 2.45) is 0 Å². The molecule has 1 aliphatic heterocycles. The Hall–Kier alpha value is -1.73. The molecule has 0 atom stereocenters. The van der Waals surface area contributed by atoms with Gasteiger partial charge in [-0.25, -0.2) is 0 Å². The number of carbonyl (C=O) groups excluding carboxylic acids is 1. The van der Waals surface area contributed by atoms with Crippen molar-refractivity contribution < 1.29 is 14.6 Å². The van der Waals surface area contributed by atoms with Crippen LogP contribution in [0, 0.1) is 0 Å². The third-order valence-corrected chi connectivity index (χ3v) is 3.31. The van der Waals surface area contributed by atoms with Crippen LogP contribution < -0.4 is 5.32 Å². The summed E-state index contributed by atoms with van der Waals surface area (Å²) >= 11 is 0. The summed E-state index contributed by atoms with van der Waals surface area (Å²) in [7, 11) is 3.33. The second-order valence-electron chi connectivity index (χ2n) is 5.19. The highest BCUT2D eigenvalue weighted by atomic mass is 16.5. The Morgan fingerprint density at radius 2 is 2.10 bits per heavy atom. The summed E-state index contributed by atoms with van der Waals surface area (Å²) in [5.41, 5.74) is -0.469. The van der Waals surface area contributed by atoms with E-state index in [1.165, 1.54) is 4.90 Å². The SMILES string of the molecule is CN(C)C(=O)c1ccc(NCC2(O)CCOCC2)nn1. The molecule has 1 aromatic rings. The summed E-state index contributed by atoms with van der Waals surface area (Å²) in [5, 5.41) is 21.2. The van der Waals surface area contributed by atoms with E-state index in [1.807, 2.05) is 0 Å². The Morgan fingerprint density at radius 3 is 2.65 bits per heavy atom. The molecule has 0 aromatic carbocycles. The van der Waals surface area contributed by atoms with Crippen molar-refractivity contribution in [3.8, 4) is 0 Å². The highest BCUT2D eigenvalue weighted by Gasteiger charge is 2.29. The number of hydrogen-bond donors (Lipinski definition) is 2. The van der Waals surface area contributed by atoms with Crippen molar-refractivity contribution in [3.05, 3.63) is 17.8 Å². The summed E-state index contributed by atoms with van der Waals surface area (Å²) in [6, 6.07) is 3.30. The first-order chi connectivity index (χ1) is 9.50. The standard InChI is InChI=1S/C13H20N4O3/c1-17(2)12(18)10-3-4-11(16-15-10)14-9-13(19)5-7-20-8-6-13/h3-4,19H,5-9H2,1-2H3,(H,14,16). The van der Waals surface area contributed by atoms with E-state index >= 15 is 0 Å². The zero-order valence-electron chi connectivity index (χ0n) is 11.8. The van der Waals surface area contributed by atoms with Gasteiger partial charge in [0.1, 0.15) is 5.82 Å². The fraction of sp³-hybridized carbons (Fsp3) is 0.615. The molecule has 0 unspecified atom stereocenters. The largest absolute Gasteiger partial charge is 0.388 e. The van der Waals surface area contributed by atoms with Crippen LogP contribution in [0.4, 0.5) is 5.82 Å². The maximum absolute atomic E-state index is 11.7. The Morgan fingerprint density at radius 1 is 1.40 bits per heavy atom. The molecule has 0 spiro atoms. The molecule has 0 aliphatic carbocycles. The van der Waals surface area contributed by atoms with Gasteiger partial charge < -0.3 is 20.1 Å². The first-order valence-corrected chi connectivity index (χ1v) is 6.60. The molecule has 0 radical (unpaired) electrons. The second kappa shape index (κ2) is 6.15. The van der Waals surface area contributed by atoms with Crippen molar-refractivity contribution in [1.29, 1.82) is 0 Å². The van der Waals surface area contributed by atoms with E-state index in [1.54, 1.807) is 26.2 Å². The average molecular weight is 280 g/mol. The maximum Gasteiger partial charge on any atom is 0.273 e. The lowest BCUT2D eigenvalue weighted by Crippen LogP contribution is -2.42. The number of amides is 1. The molecule has 7 heteroatoms. The summed E-state index contributed by atoms with van der Waals surface area (Å²) in [4.78, 5) is 13.1. The van der Waals surface area contributed by atoms with Gasteiger partial charge in [-0.1, -0.05) is 0 Å². The highest BCUT2D eigenvalue weighted by molar-refractivity contribution is 5.91. The summed E-state index contributed by atoms with van der Waals surface area (Å²) in [5.74, 6) is 0.354. The Labute approximate surface area is 117 Å². The Balaban J connectivity index is 1.92. The smallest absolute Gasteiger partial charge is 0.273 e. The number of aliphatic hydroxyl groups is 1. The Kier molecular flexibility index (Phi) is 4.51. The van der Waals surface area contributed by atoms with E-state index in [9.17, 15) is 9.90 Å². The third-order valence-electron chi connectivity index (χ3n) is 3.31. The molecular weight excluding hydrogens is 260 g/mol. The molecule has 1 aromatic heterocycles. The number of ether oxygens (including phenoxy) is 1. The number of anilines is 1. The van der Waals surface area contributed by atoms with E-state index in [0.29, 0.717) is 44.1 Å². The van der Waals surface area contributed by atoms with Gasteiger partial charge in [-0.2, -0.15) is 0 Å². The Bertz CT molecular complexity index is 455.